The lowest BCUT2D eigenvalue weighted by Gasteiger charge is -2.10. The van der Waals surface area contributed by atoms with E-state index in [9.17, 15) is 9.59 Å². The molecule has 0 N–H and O–H groups in total. The molecule has 0 atom stereocenters. The Balaban J connectivity index is 3.04. The van der Waals surface area contributed by atoms with E-state index in [0.29, 0.717) is 12.0 Å². The monoisotopic (exact) mass is 193 g/mol. The van der Waals surface area contributed by atoms with Gasteiger partial charge in [-0.2, -0.15) is 0 Å². The van der Waals surface area contributed by atoms with E-state index >= 15 is 0 Å². The van der Waals surface area contributed by atoms with Gasteiger partial charge in [0.25, 0.3) is 5.91 Å². The van der Waals surface area contributed by atoms with Gasteiger partial charge in [-0.25, -0.2) is 0 Å². The average molecular weight is 193 g/mol. The standard InChI is InChI=1S/C10H11NO3/c1-11(2)10(13)8(5-6-12)9-4-3-7-14-9/h3-7H,1-2H3/b8-5+. The Morgan fingerprint density at radius 1 is 1.50 bits per heavy atom. The van der Waals surface area contributed by atoms with Gasteiger partial charge in [-0.1, -0.05) is 0 Å². The summed E-state index contributed by atoms with van der Waals surface area (Å²) < 4.78 is 5.04. The molecule has 14 heavy (non-hydrogen) atoms. The normalized spacial score (nSPS) is 11.1. The zero-order chi connectivity index (χ0) is 10.6. The zero-order valence-corrected chi connectivity index (χ0v) is 8.06. The SMILES string of the molecule is CN(C)C(=O)/C(=C/C=O)c1ccco1. The first-order valence-corrected chi connectivity index (χ1v) is 4.08. The molecule has 1 aromatic rings. The number of furan rings is 1. The second-order valence-electron chi connectivity index (χ2n) is 2.89. The summed E-state index contributed by atoms with van der Waals surface area (Å²) in [5.74, 6) is 0.142. The lowest BCUT2D eigenvalue weighted by Crippen LogP contribution is -2.22. The average Bonchev–Trinajstić information content (AvgIpc) is 2.65. The first kappa shape index (κ1) is 10.2. The number of hydrogen-bond donors (Lipinski definition) is 0. The van der Waals surface area contributed by atoms with Crippen molar-refractivity contribution in [3.63, 3.8) is 0 Å². The molecule has 0 fully saturated rings. The molecule has 1 amide bonds. The number of amides is 1. The van der Waals surface area contributed by atoms with Gasteiger partial charge >= 0.3 is 0 Å². The number of likely N-dealkylation sites (N-methyl/N-ethyl adjacent to an activating group) is 1. The summed E-state index contributed by atoms with van der Waals surface area (Å²) in [7, 11) is 3.23. The molecule has 0 radical (unpaired) electrons. The maximum Gasteiger partial charge on any atom is 0.257 e. The van der Waals surface area contributed by atoms with Crippen LogP contribution >= 0.6 is 0 Å². The van der Waals surface area contributed by atoms with Crippen LogP contribution in [0.1, 0.15) is 5.76 Å². The van der Waals surface area contributed by atoms with Gasteiger partial charge in [0.15, 0.2) is 0 Å². The van der Waals surface area contributed by atoms with Gasteiger partial charge in [-0.15, -0.1) is 0 Å². The third-order valence-corrected chi connectivity index (χ3v) is 1.66. The molecule has 0 saturated carbocycles. The van der Waals surface area contributed by atoms with Crippen LogP contribution in [0.4, 0.5) is 0 Å². The van der Waals surface area contributed by atoms with E-state index in [4.69, 9.17) is 4.42 Å². The predicted molar refractivity (Wildman–Crippen MR) is 51.4 cm³/mol. The highest BCUT2D eigenvalue weighted by atomic mass is 16.3. The Bertz CT molecular complexity index is 349. The Morgan fingerprint density at radius 3 is 2.64 bits per heavy atom. The van der Waals surface area contributed by atoms with Crippen molar-refractivity contribution in [2.24, 2.45) is 0 Å². The van der Waals surface area contributed by atoms with Gasteiger partial charge in [0, 0.05) is 14.1 Å². The molecule has 0 bridgehead atoms. The molecule has 0 aliphatic heterocycles. The Morgan fingerprint density at radius 2 is 2.21 bits per heavy atom. The van der Waals surface area contributed by atoms with Crippen molar-refractivity contribution in [1.29, 1.82) is 0 Å². The van der Waals surface area contributed by atoms with Crippen molar-refractivity contribution in [2.75, 3.05) is 14.1 Å². The lowest BCUT2D eigenvalue weighted by molar-refractivity contribution is -0.122. The molecule has 0 saturated heterocycles. The largest absolute Gasteiger partial charge is 0.464 e. The van der Waals surface area contributed by atoms with Crippen molar-refractivity contribution in [2.45, 2.75) is 0 Å². The van der Waals surface area contributed by atoms with Gasteiger partial charge in [-0.05, 0) is 18.2 Å². The molecule has 74 valence electrons. The molecular weight excluding hydrogens is 182 g/mol. The van der Waals surface area contributed by atoms with Gasteiger partial charge in [0.05, 0.1) is 11.8 Å². The van der Waals surface area contributed by atoms with E-state index < -0.39 is 0 Å². The number of hydrogen-bond acceptors (Lipinski definition) is 3. The Labute approximate surface area is 81.8 Å². The summed E-state index contributed by atoms with van der Waals surface area (Å²) in [6.07, 6.45) is 3.22. The van der Waals surface area contributed by atoms with Crippen LogP contribution in [-0.2, 0) is 9.59 Å². The van der Waals surface area contributed by atoms with Gasteiger partial charge in [-0.3, -0.25) is 9.59 Å². The summed E-state index contributed by atoms with van der Waals surface area (Å²) in [5.41, 5.74) is 0.259. The highest BCUT2D eigenvalue weighted by Gasteiger charge is 2.15. The second kappa shape index (κ2) is 4.41. The number of allylic oxidation sites excluding steroid dienone is 1. The highest BCUT2D eigenvalue weighted by molar-refractivity contribution is 6.20. The van der Waals surface area contributed by atoms with Gasteiger partial charge in [0.2, 0.25) is 0 Å². The van der Waals surface area contributed by atoms with Crippen molar-refractivity contribution in [3.05, 3.63) is 30.2 Å². The summed E-state index contributed by atoms with van der Waals surface area (Å²) in [6, 6.07) is 3.30. The van der Waals surface area contributed by atoms with Gasteiger partial charge < -0.3 is 9.32 Å². The topological polar surface area (TPSA) is 50.5 Å². The number of nitrogens with zero attached hydrogens (tertiary/aromatic N) is 1. The van der Waals surface area contributed by atoms with Crippen LogP contribution < -0.4 is 0 Å². The third-order valence-electron chi connectivity index (χ3n) is 1.66. The maximum absolute atomic E-state index is 11.6. The molecule has 0 aliphatic carbocycles. The van der Waals surface area contributed by atoms with Crippen molar-refractivity contribution in [3.8, 4) is 0 Å². The minimum atomic E-state index is -0.257. The van der Waals surface area contributed by atoms with Crippen LogP contribution in [0.5, 0.6) is 0 Å². The van der Waals surface area contributed by atoms with Crippen LogP contribution in [0.15, 0.2) is 28.9 Å². The minimum Gasteiger partial charge on any atom is -0.464 e. The number of rotatable bonds is 3. The molecule has 1 heterocycles. The maximum atomic E-state index is 11.6. The van der Waals surface area contributed by atoms with E-state index in [1.54, 1.807) is 26.2 Å². The van der Waals surface area contributed by atoms with Crippen LogP contribution in [0.25, 0.3) is 5.57 Å². The summed E-state index contributed by atoms with van der Waals surface area (Å²) in [5, 5.41) is 0. The van der Waals surface area contributed by atoms with E-state index in [0.717, 1.165) is 0 Å². The van der Waals surface area contributed by atoms with Crippen molar-refractivity contribution < 1.29 is 14.0 Å². The fourth-order valence-electron chi connectivity index (χ4n) is 1.000. The van der Waals surface area contributed by atoms with Crippen LogP contribution in [-0.4, -0.2) is 31.2 Å². The van der Waals surface area contributed by atoms with Crippen molar-refractivity contribution in [1.82, 2.24) is 4.90 Å². The molecule has 0 spiro atoms. The fraction of sp³-hybridized carbons (Fsp3) is 0.200. The van der Waals surface area contributed by atoms with Crippen LogP contribution in [0, 0.1) is 0 Å². The number of carbonyl (C=O) groups excluding carboxylic acids is 2. The molecule has 1 rings (SSSR count). The van der Waals surface area contributed by atoms with Crippen LogP contribution in [0.2, 0.25) is 0 Å². The zero-order valence-electron chi connectivity index (χ0n) is 8.06. The summed E-state index contributed by atoms with van der Waals surface area (Å²) >= 11 is 0. The molecule has 0 aromatic carbocycles. The molecular formula is C10H11NO3. The van der Waals surface area contributed by atoms with Crippen molar-refractivity contribution >= 4 is 17.8 Å². The quantitative estimate of drug-likeness (QED) is 0.530. The number of carbonyl (C=O) groups is 2. The minimum absolute atomic E-state index is 0.257. The Kier molecular flexibility index (Phi) is 3.23. The summed E-state index contributed by atoms with van der Waals surface area (Å²) in [6.45, 7) is 0. The highest BCUT2D eigenvalue weighted by Crippen LogP contribution is 2.15. The number of aldehydes is 1. The van der Waals surface area contributed by atoms with Crippen LogP contribution in [0.3, 0.4) is 0 Å². The molecule has 0 aliphatic rings. The molecule has 0 unspecified atom stereocenters. The smallest absolute Gasteiger partial charge is 0.257 e. The first-order chi connectivity index (χ1) is 6.66. The van der Waals surface area contributed by atoms with E-state index in [-0.39, 0.29) is 11.5 Å². The Hall–Kier alpha value is -1.84. The fourth-order valence-corrected chi connectivity index (χ4v) is 1.000. The predicted octanol–water partition coefficient (Wildman–Crippen LogP) is 0.950. The first-order valence-electron chi connectivity index (χ1n) is 4.08. The third kappa shape index (κ3) is 2.10. The van der Waals surface area contributed by atoms with E-state index in [1.165, 1.54) is 17.2 Å². The molecule has 4 nitrogen and oxygen atoms in total. The van der Waals surface area contributed by atoms with Gasteiger partial charge in [0.1, 0.15) is 12.0 Å². The second-order valence-corrected chi connectivity index (χ2v) is 2.89. The van der Waals surface area contributed by atoms with E-state index in [1.807, 2.05) is 0 Å². The molecule has 1 aromatic heterocycles. The van der Waals surface area contributed by atoms with E-state index in [2.05, 4.69) is 0 Å². The summed E-state index contributed by atoms with van der Waals surface area (Å²) in [4.78, 5) is 23.3. The lowest BCUT2D eigenvalue weighted by atomic mass is 10.2. The molecule has 4 heteroatoms.